The smallest absolute Gasteiger partial charge is 0.310 e. The van der Waals surface area contributed by atoms with E-state index < -0.39 is 11.4 Å². The number of aliphatic carboxylic acids is 1. The molecule has 3 N–H and O–H groups in total. The molecule has 6 rings (SSSR count). The second-order valence-corrected chi connectivity index (χ2v) is 12.6. The third kappa shape index (κ3) is 5.28. The zero-order chi connectivity index (χ0) is 29.4. The number of carboxylic acid groups (broad SMARTS) is 1. The summed E-state index contributed by atoms with van der Waals surface area (Å²) >= 11 is 0. The van der Waals surface area contributed by atoms with E-state index in [0.717, 1.165) is 49.0 Å². The minimum absolute atomic E-state index is 0.104. The summed E-state index contributed by atoms with van der Waals surface area (Å²) in [6.07, 6.45) is 7.99. The molecule has 3 heterocycles. The molecule has 1 saturated heterocycles. The summed E-state index contributed by atoms with van der Waals surface area (Å²) in [5.41, 5.74) is 2.63. The van der Waals surface area contributed by atoms with Crippen LogP contribution in [0.15, 0.2) is 67.1 Å². The third-order valence-corrected chi connectivity index (χ3v) is 9.31. The summed E-state index contributed by atoms with van der Waals surface area (Å²) in [7, 11) is 0. The number of imidazole rings is 1. The highest BCUT2D eigenvalue weighted by Gasteiger charge is 2.49. The first-order valence-electron chi connectivity index (χ1n) is 15.0. The second kappa shape index (κ2) is 11.3. The van der Waals surface area contributed by atoms with Gasteiger partial charge >= 0.3 is 5.97 Å². The van der Waals surface area contributed by atoms with Crippen LogP contribution in [0.3, 0.4) is 0 Å². The number of carboxylic acids is 1. The highest BCUT2D eigenvalue weighted by Crippen LogP contribution is 2.51. The van der Waals surface area contributed by atoms with E-state index in [9.17, 15) is 19.5 Å². The molecule has 0 radical (unpaired) electrons. The Kier molecular flexibility index (Phi) is 7.51. The SMILES string of the molecule is CC(C)(Cn1cnc([C@@H]2Nc3ccccc3[C@H]3[C@@H]2CCN3C(=O)[C@H]2CCCC[C@H]2NC(=O)c2ccccc2)c1)C(=O)O. The highest BCUT2D eigenvalue weighted by molar-refractivity contribution is 5.95. The van der Waals surface area contributed by atoms with Gasteiger partial charge in [-0.3, -0.25) is 14.4 Å². The first-order chi connectivity index (χ1) is 20.2. The molecule has 3 aliphatic rings. The van der Waals surface area contributed by atoms with Gasteiger partial charge < -0.3 is 25.2 Å². The Morgan fingerprint density at radius 3 is 2.55 bits per heavy atom. The Bertz CT molecular complexity index is 1470. The van der Waals surface area contributed by atoms with Crippen LogP contribution in [0.4, 0.5) is 5.69 Å². The van der Waals surface area contributed by atoms with Crippen LogP contribution in [0.5, 0.6) is 0 Å². The zero-order valence-corrected chi connectivity index (χ0v) is 24.2. The summed E-state index contributed by atoms with van der Waals surface area (Å²) in [5.74, 6) is -1.02. The van der Waals surface area contributed by atoms with Crippen LogP contribution >= 0.6 is 0 Å². The lowest BCUT2D eigenvalue weighted by atomic mass is 9.80. The Labute approximate surface area is 246 Å². The number of anilines is 1. The Morgan fingerprint density at radius 2 is 1.76 bits per heavy atom. The van der Waals surface area contributed by atoms with E-state index in [0.29, 0.717) is 18.7 Å². The number of fused-ring (bicyclic) bond motifs is 3. The molecular formula is C33H39N5O4. The van der Waals surface area contributed by atoms with Gasteiger partial charge in [-0.2, -0.15) is 0 Å². The molecule has 1 aliphatic carbocycles. The predicted octanol–water partition coefficient (Wildman–Crippen LogP) is 5.04. The van der Waals surface area contributed by atoms with Gasteiger partial charge in [-0.15, -0.1) is 0 Å². The van der Waals surface area contributed by atoms with Crippen molar-refractivity contribution < 1.29 is 19.5 Å². The number of amides is 2. The second-order valence-electron chi connectivity index (χ2n) is 12.6. The predicted molar refractivity (Wildman–Crippen MR) is 159 cm³/mol. The fourth-order valence-electron chi connectivity index (χ4n) is 7.07. The highest BCUT2D eigenvalue weighted by atomic mass is 16.4. The molecular weight excluding hydrogens is 530 g/mol. The normalized spacial score (nSPS) is 25.2. The number of hydrogen-bond donors (Lipinski definition) is 3. The van der Waals surface area contributed by atoms with E-state index in [2.05, 4.69) is 21.6 Å². The van der Waals surface area contributed by atoms with Crippen LogP contribution in [0, 0.1) is 17.3 Å². The van der Waals surface area contributed by atoms with E-state index in [1.165, 1.54) is 0 Å². The maximum atomic E-state index is 14.3. The standard InChI is InChI=1S/C33H39N5O4/c1-33(2,32(41)42)19-37-18-27(34-20-37)28-24-16-17-38(29(24)22-12-6-8-14-25(22)35-28)31(40)23-13-7-9-15-26(23)36-30(39)21-10-4-3-5-11-21/h3-6,8,10-12,14,18,20,23-24,26,28-29,35H,7,9,13,15-17,19H2,1-2H3,(H,36,39)(H,41,42)/t23-,24+,26+,28+,29-/m0/s1. The van der Waals surface area contributed by atoms with Crippen molar-refractivity contribution in [1.82, 2.24) is 19.8 Å². The van der Waals surface area contributed by atoms with Crippen molar-refractivity contribution in [2.24, 2.45) is 17.3 Å². The molecule has 0 unspecified atom stereocenters. The minimum atomic E-state index is -0.920. The lowest BCUT2D eigenvalue weighted by Gasteiger charge is -2.41. The summed E-state index contributed by atoms with van der Waals surface area (Å²) in [6.45, 7) is 4.38. The minimum Gasteiger partial charge on any atom is -0.481 e. The maximum Gasteiger partial charge on any atom is 0.310 e. The number of para-hydroxylation sites is 1. The molecule has 2 aliphatic heterocycles. The van der Waals surface area contributed by atoms with Gasteiger partial charge in [0, 0.05) is 42.5 Å². The molecule has 0 bridgehead atoms. The van der Waals surface area contributed by atoms with E-state index in [1.54, 1.807) is 32.3 Å². The third-order valence-electron chi connectivity index (χ3n) is 9.31. The quantitative estimate of drug-likeness (QED) is 0.367. The first kappa shape index (κ1) is 28.0. The van der Waals surface area contributed by atoms with Crippen molar-refractivity contribution >= 4 is 23.5 Å². The Morgan fingerprint density at radius 1 is 1.02 bits per heavy atom. The molecule has 3 aromatic rings. The van der Waals surface area contributed by atoms with Crippen molar-refractivity contribution in [2.45, 2.75) is 70.6 Å². The monoisotopic (exact) mass is 569 g/mol. The number of nitrogens with zero attached hydrogens (tertiary/aromatic N) is 3. The largest absolute Gasteiger partial charge is 0.481 e. The van der Waals surface area contributed by atoms with Crippen molar-refractivity contribution in [3.63, 3.8) is 0 Å². The van der Waals surface area contributed by atoms with Gasteiger partial charge in [0.1, 0.15) is 0 Å². The molecule has 5 atom stereocenters. The van der Waals surface area contributed by atoms with Crippen LogP contribution in [0.2, 0.25) is 0 Å². The molecule has 9 nitrogen and oxygen atoms in total. The molecule has 220 valence electrons. The van der Waals surface area contributed by atoms with E-state index >= 15 is 0 Å². The van der Waals surface area contributed by atoms with Crippen molar-refractivity contribution in [1.29, 1.82) is 0 Å². The number of likely N-dealkylation sites (tertiary alicyclic amines) is 1. The first-order valence-corrected chi connectivity index (χ1v) is 15.0. The number of carbonyl (C=O) groups excluding carboxylic acids is 2. The summed E-state index contributed by atoms with van der Waals surface area (Å²) in [6, 6.07) is 16.9. The molecule has 2 amide bonds. The summed E-state index contributed by atoms with van der Waals surface area (Å²) in [4.78, 5) is 45.8. The Hall–Kier alpha value is -4.14. The van der Waals surface area contributed by atoms with E-state index in [4.69, 9.17) is 4.98 Å². The van der Waals surface area contributed by atoms with Gasteiger partial charge in [0.25, 0.3) is 5.91 Å². The molecule has 1 aromatic heterocycles. The van der Waals surface area contributed by atoms with E-state index in [1.807, 2.05) is 47.2 Å². The molecule has 42 heavy (non-hydrogen) atoms. The van der Waals surface area contributed by atoms with Crippen molar-refractivity contribution in [3.05, 3.63) is 83.9 Å². The number of rotatable bonds is 7. The van der Waals surface area contributed by atoms with Gasteiger partial charge in [-0.05, 0) is 56.9 Å². The van der Waals surface area contributed by atoms with Crippen LogP contribution in [-0.2, 0) is 16.1 Å². The fraction of sp³-hybridized carbons (Fsp3) is 0.455. The molecule has 9 heteroatoms. The molecule has 1 saturated carbocycles. The lowest BCUT2D eigenvalue weighted by molar-refractivity contribution is -0.147. The fourth-order valence-corrected chi connectivity index (χ4v) is 7.07. The summed E-state index contributed by atoms with van der Waals surface area (Å²) < 4.78 is 1.85. The molecule has 2 aromatic carbocycles. The van der Waals surface area contributed by atoms with Crippen LogP contribution in [0.1, 0.15) is 79.7 Å². The van der Waals surface area contributed by atoms with Crippen molar-refractivity contribution in [3.8, 4) is 0 Å². The average Bonchev–Trinajstić information content (AvgIpc) is 3.65. The number of hydrogen-bond acceptors (Lipinski definition) is 5. The number of nitrogens with one attached hydrogen (secondary N) is 2. The zero-order valence-electron chi connectivity index (χ0n) is 24.2. The number of carbonyl (C=O) groups is 3. The number of benzene rings is 2. The average molecular weight is 570 g/mol. The van der Waals surface area contributed by atoms with Crippen LogP contribution < -0.4 is 10.6 Å². The molecule has 0 spiro atoms. The van der Waals surface area contributed by atoms with Crippen molar-refractivity contribution in [2.75, 3.05) is 11.9 Å². The topological polar surface area (TPSA) is 117 Å². The van der Waals surface area contributed by atoms with Gasteiger partial charge in [-0.25, -0.2) is 4.98 Å². The van der Waals surface area contributed by atoms with Gasteiger partial charge in [-0.1, -0.05) is 49.2 Å². The lowest BCUT2D eigenvalue weighted by Crippen LogP contribution is -2.50. The Balaban J connectivity index is 1.25. The molecule has 2 fully saturated rings. The van der Waals surface area contributed by atoms with Gasteiger partial charge in [0.05, 0.1) is 35.4 Å². The van der Waals surface area contributed by atoms with Crippen LogP contribution in [-0.4, -0.2) is 49.9 Å². The van der Waals surface area contributed by atoms with Gasteiger partial charge in [0.2, 0.25) is 5.91 Å². The van der Waals surface area contributed by atoms with Gasteiger partial charge in [0.15, 0.2) is 0 Å². The summed E-state index contributed by atoms with van der Waals surface area (Å²) in [5, 5.41) is 16.5. The number of aromatic nitrogens is 2. The van der Waals surface area contributed by atoms with E-state index in [-0.39, 0.29) is 41.8 Å². The van der Waals surface area contributed by atoms with Crippen LogP contribution in [0.25, 0.3) is 0 Å². The maximum absolute atomic E-state index is 14.3.